The average molecular weight is 547 g/mol. The third kappa shape index (κ3) is 5.23. The number of rotatable bonds is 4. The zero-order valence-corrected chi connectivity index (χ0v) is 21.7. The maximum Gasteiger partial charge on any atom is 0.310 e. The van der Waals surface area contributed by atoms with E-state index >= 15 is 0 Å². The van der Waals surface area contributed by atoms with Crippen LogP contribution in [0.3, 0.4) is 0 Å². The van der Waals surface area contributed by atoms with E-state index < -0.39 is 23.0 Å². The third-order valence-electron chi connectivity index (χ3n) is 7.20. The fourth-order valence-corrected chi connectivity index (χ4v) is 5.10. The van der Waals surface area contributed by atoms with Gasteiger partial charge in [0.1, 0.15) is 12.1 Å². The Kier molecular flexibility index (Phi) is 7.48. The summed E-state index contributed by atoms with van der Waals surface area (Å²) in [5.41, 5.74) is 1.91. The molecule has 0 saturated carbocycles. The van der Waals surface area contributed by atoms with Crippen molar-refractivity contribution >= 4 is 29.3 Å². The molecule has 2 fully saturated rings. The monoisotopic (exact) mass is 546 g/mol. The fourth-order valence-electron chi connectivity index (χ4n) is 5.10. The molecule has 2 aromatic carbocycles. The summed E-state index contributed by atoms with van der Waals surface area (Å²) in [6.07, 6.45) is 0.449. The molecule has 3 heterocycles. The van der Waals surface area contributed by atoms with Gasteiger partial charge in [0.05, 0.1) is 18.6 Å². The van der Waals surface area contributed by atoms with E-state index in [-0.39, 0.29) is 60.7 Å². The molecule has 2 atom stereocenters. The number of benzene rings is 2. The molecule has 0 aromatic heterocycles. The van der Waals surface area contributed by atoms with E-state index in [0.717, 1.165) is 5.56 Å². The van der Waals surface area contributed by atoms with Crippen LogP contribution in [-0.4, -0.2) is 77.3 Å². The highest BCUT2D eigenvalue weighted by Gasteiger charge is 2.39. The van der Waals surface area contributed by atoms with Crippen molar-refractivity contribution in [2.24, 2.45) is 0 Å². The molecule has 0 aliphatic carbocycles. The van der Waals surface area contributed by atoms with Gasteiger partial charge >= 0.3 is 5.69 Å². The molecular weight excluding hydrogens is 520 g/mol. The molecule has 0 spiro atoms. The minimum atomic E-state index is -0.706. The molecule has 3 aliphatic rings. The fraction of sp³-hybridized carbons (Fsp3) is 0.357. The maximum absolute atomic E-state index is 13.1. The number of nitro groups is 1. The largest absolute Gasteiger partial charge is 0.490 e. The Morgan fingerprint density at radius 2 is 2.00 bits per heavy atom. The summed E-state index contributed by atoms with van der Waals surface area (Å²) in [5.74, 6) is 4.87. The van der Waals surface area contributed by atoms with Gasteiger partial charge in [0.2, 0.25) is 11.8 Å². The lowest BCUT2D eigenvalue weighted by atomic mass is 10.0. The van der Waals surface area contributed by atoms with Crippen molar-refractivity contribution < 1.29 is 33.6 Å². The number of imide groups is 1. The summed E-state index contributed by atoms with van der Waals surface area (Å²) in [5, 5.41) is 13.5. The van der Waals surface area contributed by atoms with Gasteiger partial charge < -0.3 is 19.3 Å². The van der Waals surface area contributed by atoms with Gasteiger partial charge in [-0.1, -0.05) is 17.9 Å². The smallest absolute Gasteiger partial charge is 0.310 e. The van der Waals surface area contributed by atoms with Crippen LogP contribution in [0.15, 0.2) is 36.4 Å². The first-order valence-corrected chi connectivity index (χ1v) is 12.8. The SMILES string of the molecule is COc1cc(C(=O)N2CCO[C@H](C#Cc3cccc4c3CN(C3CCC(=O)NC3=O)C4=O)CC2)ccc1[N+](=O)[O-]. The molecule has 2 saturated heterocycles. The first-order chi connectivity index (χ1) is 19.3. The molecule has 12 nitrogen and oxygen atoms in total. The summed E-state index contributed by atoms with van der Waals surface area (Å²) in [7, 11) is 1.31. The van der Waals surface area contributed by atoms with Crippen molar-refractivity contribution in [1.82, 2.24) is 15.1 Å². The number of carbonyl (C=O) groups excluding carboxylic acids is 4. The Labute approximate surface area is 229 Å². The van der Waals surface area contributed by atoms with Crippen molar-refractivity contribution in [1.29, 1.82) is 0 Å². The van der Waals surface area contributed by atoms with Crippen LogP contribution in [0.5, 0.6) is 5.75 Å². The van der Waals surface area contributed by atoms with Crippen LogP contribution >= 0.6 is 0 Å². The van der Waals surface area contributed by atoms with Crippen LogP contribution in [0.4, 0.5) is 5.69 Å². The Morgan fingerprint density at radius 3 is 2.75 bits per heavy atom. The number of hydrogen-bond donors (Lipinski definition) is 1. The van der Waals surface area contributed by atoms with E-state index in [9.17, 15) is 29.3 Å². The number of nitrogens with zero attached hydrogens (tertiary/aromatic N) is 3. The van der Waals surface area contributed by atoms with E-state index in [2.05, 4.69) is 17.2 Å². The molecule has 1 unspecified atom stereocenters. The quantitative estimate of drug-likeness (QED) is 0.263. The van der Waals surface area contributed by atoms with E-state index in [4.69, 9.17) is 9.47 Å². The second-order valence-corrected chi connectivity index (χ2v) is 9.59. The predicted molar refractivity (Wildman–Crippen MR) is 139 cm³/mol. The highest BCUT2D eigenvalue weighted by molar-refractivity contribution is 6.05. The molecule has 3 aliphatic heterocycles. The normalized spacial score (nSPS) is 20.7. The minimum Gasteiger partial charge on any atom is -0.490 e. The Bertz CT molecular complexity index is 1480. The molecule has 12 heteroatoms. The van der Waals surface area contributed by atoms with E-state index in [0.29, 0.717) is 30.6 Å². The summed E-state index contributed by atoms with van der Waals surface area (Å²) < 4.78 is 11.0. The number of carbonyl (C=O) groups is 4. The van der Waals surface area contributed by atoms with Gasteiger partial charge in [-0.05, 0) is 30.2 Å². The number of ether oxygens (including phenoxy) is 2. The third-order valence-corrected chi connectivity index (χ3v) is 7.20. The molecule has 1 N–H and O–H groups in total. The lowest BCUT2D eigenvalue weighted by molar-refractivity contribution is -0.385. The molecule has 0 radical (unpaired) electrons. The van der Waals surface area contributed by atoms with Crippen molar-refractivity contribution in [3.63, 3.8) is 0 Å². The number of amides is 4. The summed E-state index contributed by atoms with van der Waals surface area (Å²) >= 11 is 0. The number of fused-ring (bicyclic) bond motifs is 1. The average Bonchev–Trinajstić information content (AvgIpc) is 3.11. The van der Waals surface area contributed by atoms with Crippen LogP contribution in [-0.2, 0) is 20.9 Å². The number of nitro benzene ring substituents is 1. The van der Waals surface area contributed by atoms with Crippen molar-refractivity contribution in [3.8, 4) is 17.6 Å². The highest BCUT2D eigenvalue weighted by Crippen LogP contribution is 2.30. The number of piperidine rings is 1. The Balaban J connectivity index is 1.26. The maximum atomic E-state index is 13.1. The molecule has 40 heavy (non-hydrogen) atoms. The molecule has 2 aromatic rings. The van der Waals surface area contributed by atoms with Gasteiger partial charge in [-0.25, -0.2) is 0 Å². The van der Waals surface area contributed by atoms with E-state index in [1.165, 1.54) is 30.2 Å². The molecule has 0 bridgehead atoms. The van der Waals surface area contributed by atoms with Gasteiger partial charge in [0, 0.05) is 61.3 Å². The molecular formula is C28H26N4O8. The standard InChI is InChI=1S/C28H26N4O8/c1-39-24-15-18(6-8-22(24)32(37)38)27(35)30-12-11-19(40-14-13-30)7-5-17-3-2-4-20-21(17)16-31(28(20)36)23-9-10-25(33)29-26(23)34/h2-4,6,8,15,19,23H,9-14,16H2,1H3,(H,29,33,34)/t19-,23?/m1/s1. The summed E-state index contributed by atoms with van der Waals surface area (Å²) in [4.78, 5) is 63.7. The van der Waals surface area contributed by atoms with Crippen molar-refractivity contribution in [2.45, 2.75) is 38.0 Å². The van der Waals surface area contributed by atoms with Gasteiger partial charge in [-0.2, -0.15) is 0 Å². The molecule has 5 rings (SSSR count). The van der Waals surface area contributed by atoms with Gasteiger partial charge in [-0.15, -0.1) is 0 Å². The number of methoxy groups -OCH3 is 1. The van der Waals surface area contributed by atoms with Gasteiger partial charge in [0.15, 0.2) is 5.75 Å². The lowest BCUT2D eigenvalue weighted by Gasteiger charge is -2.29. The topological polar surface area (TPSA) is 148 Å². The zero-order valence-electron chi connectivity index (χ0n) is 21.7. The highest BCUT2D eigenvalue weighted by atomic mass is 16.6. The van der Waals surface area contributed by atoms with Crippen LogP contribution in [0, 0.1) is 22.0 Å². The van der Waals surface area contributed by atoms with E-state index in [1.807, 2.05) is 6.07 Å². The van der Waals surface area contributed by atoms with Crippen LogP contribution in [0.2, 0.25) is 0 Å². The van der Waals surface area contributed by atoms with Crippen molar-refractivity contribution in [2.75, 3.05) is 26.8 Å². The minimum absolute atomic E-state index is 0.00992. The Hall–Kier alpha value is -4.76. The first kappa shape index (κ1) is 26.8. The second-order valence-electron chi connectivity index (χ2n) is 9.59. The predicted octanol–water partition coefficient (Wildman–Crippen LogP) is 1.65. The second kappa shape index (κ2) is 11.2. The Morgan fingerprint density at radius 1 is 1.18 bits per heavy atom. The van der Waals surface area contributed by atoms with Crippen LogP contribution < -0.4 is 10.1 Å². The van der Waals surface area contributed by atoms with Gasteiger partial charge in [-0.3, -0.25) is 34.6 Å². The lowest BCUT2D eigenvalue weighted by Crippen LogP contribution is -2.52. The number of nitrogens with one attached hydrogen (secondary N) is 1. The van der Waals surface area contributed by atoms with Crippen LogP contribution in [0.1, 0.15) is 51.1 Å². The molecule has 4 amide bonds. The van der Waals surface area contributed by atoms with E-state index in [1.54, 1.807) is 17.0 Å². The first-order valence-electron chi connectivity index (χ1n) is 12.8. The van der Waals surface area contributed by atoms with Crippen molar-refractivity contribution in [3.05, 3.63) is 68.8 Å². The number of hydrogen-bond acceptors (Lipinski definition) is 8. The molecule has 206 valence electrons. The zero-order chi connectivity index (χ0) is 28.4. The van der Waals surface area contributed by atoms with Gasteiger partial charge in [0.25, 0.3) is 11.8 Å². The summed E-state index contributed by atoms with van der Waals surface area (Å²) in [6.45, 7) is 1.17. The van der Waals surface area contributed by atoms with Crippen LogP contribution in [0.25, 0.3) is 0 Å². The summed E-state index contributed by atoms with van der Waals surface area (Å²) in [6, 6.07) is 8.55.